The van der Waals surface area contributed by atoms with Crippen LogP contribution in [0.3, 0.4) is 0 Å². The molecule has 2 atom stereocenters. The molecule has 0 aliphatic carbocycles. The van der Waals surface area contributed by atoms with Crippen LogP contribution in [0.4, 0.5) is 5.69 Å². The van der Waals surface area contributed by atoms with Gasteiger partial charge in [0.15, 0.2) is 5.44 Å². The number of nitro benzene ring substituents is 1. The van der Waals surface area contributed by atoms with E-state index in [-0.39, 0.29) is 11.6 Å². The normalized spacial score (nSPS) is 12.7. The number of nitrogens with zero attached hydrogens (tertiary/aromatic N) is 2. The van der Waals surface area contributed by atoms with Crippen LogP contribution in [0.5, 0.6) is 0 Å². The number of hydrogen-bond donors (Lipinski definition) is 2. The zero-order valence-electron chi connectivity index (χ0n) is 26.8. The largest absolute Gasteiger partial charge is 0.386 e. The first-order valence-electron chi connectivity index (χ1n) is 16.5. The van der Waals surface area contributed by atoms with Crippen molar-refractivity contribution in [3.63, 3.8) is 0 Å². The number of aliphatic hydroxyl groups excluding tert-OH is 1. The Morgan fingerprint density at radius 1 is 0.761 bits per heavy atom. The average Bonchev–Trinajstić information content (AvgIpc) is 3.09. The van der Waals surface area contributed by atoms with Crippen molar-refractivity contribution in [1.29, 1.82) is 0 Å². The third kappa shape index (κ3) is 9.78. The topological polar surface area (TPSA) is 105 Å². The maximum absolute atomic E-state index is 12.4. The molecule has 46 heavy (non-hydrogen) atoms. The van der Waals surface area contributed by atoms with Gasteiger partial charge in [-0.05, 0) is 74.2 Å². The fourth-order valence-corrected chi connectivity index (χ4v) is 10.3. The van der Waals surface area contributed by atoms with Gasteiger partial charge in [0, 0.05) is 30.8 Å². The van der Waals surface area contributed by atoms with Gasteiger partial charge in [-0.1, -0.05) is 81.0 Å². The highest BCUT2D eigenvalue weighted by atomic mass is 31.2. The van der Waals surface area contributed by atoms with Gasteiger partial charge in [-0.2, -0.15) is 0 Å². The van der Waals surface area contributed by atoms with E-state index in [1.54, 1.807) is 6.92 Å². The summed E-state index contributed by atoms with van der Waals surface area (Å²) in [6.07, 6.45) is 12.7. The molecular formula is C38H47N3O4P+. The molecule has 0 radical (unpaired) electrons. The van der Waals surface area contributed by atoms with E-state index in [0.29, 0.717) is 12.0 Å². The van der Waals surface area contributed by atoms with Gasteiger partial charge in [0.2, 0.25) is 5.91 Å². The molecule has 2 N–H and O–H groups in total. The lowest BCUT2D eigenvalue weighted by Crippen LogP contribution is -2.36. The molecule has 1 heterocycles. The molecule has 1 aromatic heterocycles. The number of benzene rings is 3. The van der Waals surface area contributed by atoms with E-state index in [1.807, 2.05) is 12.3 Å². The minimum atomic E-state index is -1.85. The second-order valence-corrected chi connectivity index (χ2v) is 15.5. The third-order valence-corrected chi connectivity index (χ3v) is 13.0. The number of carbonyl (C=O) groups excluding carboxylic acids is 1. The monoisotopic (exact) mass is 640 g/mol. The lowest BCUT2D eigenvalue weighted by atomic mass is 10.0. The van der Waals surface area contributed by atoms with Crippen LogP contribution in [-0.2, 0) is 4.79 Å². The first kappa shape index (κ1) is 34.9. The Morgan fingerprint density at radius 2 is 1.28 bits per heavy atom. The Morgan fingerprint density at radius 3 is 1.80 bits per heavy atom. The zero-order chi connectivity index (χ0) is 32.6. The van der Waals surface area contributed by atoms with Crippen molar-refractivity contribution in [3.8, 4) is 0 Å². The minimum Gasteiger partial charge on any atom is -0.386 e. The molecule has 1 amide bonds. The second-order valence-electron chi connectivity index (χ2n) is 12.0. The van der Waals surface area contributed by atoms with Gasteiger partial charge in [-0.3, -0.25) is 14.9 Å². The number of carbonyl (C=O) groups is 1. The van der Waals surface area contributed by atoms with Crippen LogP contribution in [0, 0.1) is 10.1 Å². The first-order valence-corrected chi connectivity index (χ1v) is 18.5. The fourth-order valence-electron chi connectivity index (χ4n) is 6.09. The van der Waals surface area contributed by atoms with Crippen molar-refractivity contribution in [2.24, 2.45) is 0 Å². The van der Waals surface area contributed by atoms with Gasteiger partial charge in [0.25, 0.3) is 5.69 Å². The van der Waals surface area contributed by atoms with Crippen molar-refractivity contribution in [2.75, 3.05) is 6.16 Å². The van der Waals surface area contributed by atoms with Crippen molar-refractivity contribution in [3.05, 3.63) is 125 Å². The van der Waals surface area contributed by atoms with Crippen LogP contribution in [0.1, 0.15) is 82.8 Å². The number of rotatable bonds is 19. The number of aromatic nitrogens is 1. The molecule has 0 unspecified atom stereocenters. The molecule has 242 valence electrons. The predicted octanol–water partition coefficient (Wildman–Crippen LogP) is 7.42. The van der Waals surface area contributed by atoms with Crippen LogP contribution >= 0.6 is 7.26 Å². The first-order chi connectivity index (χ1) is 22.4. The highest BCUT2D eigenvalue weighted by Crippen LogP contribution is 2.55. The predicted molar refractivity (Wildman–Crippen MR) is 190 cm³/mol. The SMILES string of the molecule is C[C@@H](NC(=O)CCCCCCCCCCC[P+](c1ccccc1)(c1ccccc1)c1ccccn1)[C@H](O)c1ccc([N+](=O)[O-])cc1. The molecule has 0 aliphatic rings. The summed E-state index contributed by atoms with van der Waals surface area (Å²) in [5.74, 6) is -0.0796. The molecule has 8 heteroatoms. The summed E-state index contributed by atoms with van der Waals surface area (Å²) in [6.45, 7) is 1.74. The molecule has 3 aromatic carbocycles. The van der Waals surface area contributed by atoms with Crippen molar-refractivity contribution in [1.82, 2.24) is 10.3 Å². The van der Waals surface area contributed by atoms with E-state index in [2.05, 4.69) is 78.1 Å². The van der Waals surface area contributed by atoms with Gasteiger partial charge in [0.05, 0.1) is 23.2 Å². The number of unbranched alkanes of at least 4 members (excludes halogenated alkanes) is 8. The lowest BCUT2D eigenvalue weighted by Gasteiger charge is -2.26. The third-order valence-electron chi connectivity index (χ3n) is 8.64. The van der Waals surface area contributed by atoms with Gasteiger partial charge in [0.1, 0.15) is 17.9 Å². The number of amides is 1. The summed E-state index contributed by atoms with van der Waals surface area (Å²) in [6, 6.07) is 33.5. The van der Waals surface area contributed by atoms with Crippen LogP contribution in [0.15, 0.2) is 109 Å². The van der Waals surface area contributed by atoms with Gasteiger partial charge in [-0.25, -0.2) is 4.98 Å². The molecule has 0 bridgehead atoms. The summed E-state index contributed by atoms with van der Waals surface area (Å²) in [4.78, 5) is 27.7. The summed E-state index contributed by atoms with van der Waals surface area (Å²) in [5, 5.41) is 27.0. The number of hydrogen-bond acceptors (Lipinski definition) is 5. The van der Waals surface area contributed by atoms with Crippen molar-refractivity contribution in [2.45, 2.75) is 83.3 Å². The number of aliphatic hydroxyl groups is 1. The second kappa shape index (κ2) is 18.3. The summed E-state index contributed by atoms with van der Waals surface area (Å²) in [7, 11) is -1.85. The van der Waals surface area contributed by atoms with Gasteiger partial charge in [-0.15, -0.1) is 0 Å². The molecule has 7 nitrogen and oxygen atoms in total. The smallest absolute Gasteiger partial charge is 0.269 e. The van der Waals surface area contributed by atoms with E-state index in [4.69, 9.17) is 4.98 Å². The standard InChI is InChI=1S/C38H46N3O4P/c1-31(38(43)32-25-27-33(28-26-32)41(44)45)40-36(42)23-15-7-5-3-2-4-6-8-18-30-46(34-19-11-9-12-20-34,35-21-13-10-14-22-35)37-24-16-17-29-39-37/h9-14,16-17,19-22,24-29,31,38,43H,2-8,15,18,23,30H2,1H3/p+1/t31-,38+/m1/s1. The average molecular weight is 641 g/mol. The van der Waals surface area contributed by atoms with Crippen LogP contribution in [-0.4, -0.2) is 33.1 Å². The van der Waals surface area contributed by atoms with Crippen LogP contribution in [0.25, 0.3) is 0 Å². The van der Waals surface area contributed by atoms with Crippen LogP contribution < -0.4 is 21.4 Å². The van der Waals surface area contributed by atoms with Crippen LogP contribution in [0.2, 0.25) is 0 Å². The molecule has 0 fully saturated rings. The maximum atomic E-state index is 12.4. The number of nitrogens with one attached hydrogen (secondary N) is 1. The Kier molecular flexibility index (Phi) is 13.9. The quantitative estimate of drug-likeness (QED) is 0.0480. The fraction of sp³-hybridized carbons (Fsp3) is 0.368. The minimum absolute atomic E-state index is 0.0285. The summed E-state index contributed by atoms with van der Waals surface area (Å²) >= 11 is 0. The summed E-state index contributed by atoms with van der Waals surface area (Å²) in [5.41, 5.74) is 1.72. The molecule has 4 rings (SSSR count). The molecule has 0 spiro atoms. The lowest BCUT2D eigenvalue weighted by molar-refractivity contribution is -0.384. The van der Waals surface area contributed by atoms with E-state index in [0.717, 1.165) is 25.4 Å². The number of pyridine rings is 1. The van der Waals surface area contributed by atoms with E-state index in [1.165, 1.54) is 78.8 Å². The Labute approximate surface area is 274 Å². The zero-order valence-corrected chi connectivity index (χ0v) is 27.7. The molecule has 0 aliphatic heterocycles. The summed E-state index contributed by atoms with van der Waals surface area (Å²) < 4.78 is 0. The van der Waals surface area contributed by atoms with E-state index in [9.17, 15) is 20.0 Å². The van der Waals surface area contributed by atoms with Gasteiger partial charge >= 0.3 is 0 Å². The van der Waals surface area contributed by atoms with Gasteiger partial charge < -0.3 is 10.4 Å². The number of nitro groups is 1. The Balaban J connectivity index is 1.14. The van der Waals surface area contributed by atoms with E-state index < -0.39 is 24.3 Å². The highest BCUT2D eigenvalue weighted by molar-refractivity contribution is 7.95. The molecule has 0 saturated heterocycles. The Hall–Kier alpha value is -3.93. The molecular weight excluding hydrogens is 593 g/mol. The number of non-ortho nitro benzene ring substituents is 1. The Bertz CT molecular complexity index is 1370. The van der Waals surface area contributed by atoms with Crippen molar-refractivity contribution >= 4 is 34.9 Å². The highest BCUT2D eigenvalue weighted by Gasteiger charge is 2.45. The van der Waals surface area contributed by atoms with Crippen molar-refractivity contribution < 1.29 is 14.8 Å². The molecule has 4 aromatic rings. The van der Waals surface area contributed by atoms with E-state index >= 15 is 0 Å². The maximum Gasteiger partial charge on any atom is 0.269 e. The molecule has 0 saturated carbocycles.